The molecule has 0 spiro atoms. The third-order valence-corrected chi connectivity index (χ3v) is 4.43. The van der Waals surface area contributed by atoms with E-state index in [-0.39, 0.29) is 5.69 Å². The van der Waals surface area contributed by atoms with Gasteiger partial charge in [0.05, 0.1) is 6.04 Å². The van der Waals surface area contributed by atoms with Crippen LogP contribution in [0.3, 0.4) is 0 Å². The summed E-state index contributed by atoms with van der Waals surface area (Å²) < 4.78 is 41.5. The molecule has 0 amide bonds. The zero-order chi connectivity index (χ0) is 19.6. The van der Waals surface area contributed by atoms with Crippen LogP contribution in [0.25, 0.3) is 11.3 Å². The van der Waals surface area contributed by atoms with E-state index in [1.54, 1.807) is 68.4 Å². The maximum atomic E-state index is 13.6. The summed E-state index contributed by atoms with van der Waals surface area (Å²) in [7, 11) is 0. The highest BCUT2D eigenvalue weighted by Gasteiger charge is 2.39. The molecular weight excluding hydrogens is 355 g/mol. The highest BCUT2D eigenvalue weighted by atomic mass is 19.4. The van der Waals surface area contributed by atoms with Gasteiger partial charge in [-0.1, -0.05) is 61.5 Å². The first kappa shape index (κ1) is 18.8. The Kier molecular flexibility index (Phi) is 5.12. The molecule has 7 heteroatoms. The van der Waals surface area contributed by atoms with Gasteiger partial charge in [-0.2, -0.15) is 13.2 Å². The number of alkyl halides is 3. The Hall–Kier alpha value is -2.96. The Morgan fingerprint density at radius 3 is 2.22 bits per heavy atom. The van der Waals surface area contributed by atoms with Crippen molar-refractivity contribution < 1.29 is 13.2 Å². The summed E-state index contributed by atoms with van der Waals surface area (Å²) >= 11 is 0. The minimum absolute atomic E-state index is 0.0875. The number of aryl methyl sites for hydroxylation is 1. The van der Waals surface area contributed by atoms with Crippen LogP contribution in [0.5, 0.6) is 0 Å². The van der Waals surface area contributed by atoms with Gasteiger partial charge < -0.3 is 0 Å². The number of hydrogen-bond donors (Lipinski definition) is 0. The van der Waals surface area contributed by atoms with Gasteiger partial charge in [0.2, 0.25) is 5.82 Å². The van der Waals surface area contributed by atoms with Gasteiger partial charge in [-0.15, -0.1) is 10.2 Å². The molecule has 1 unspecified atom stereocenters. The van der Waals surface area contributed by atoms with Crippen molar-refractivity contribution in [3.63, 3.8) is 0 Å². The number of halogens is 3. The van der Waals surface area contributed by atoms with Gasteiger partial charge in [-0.05, 0) is 24.5 Å². The molecule has 0 saturated carbocycles. The van der Waals surface area contributed by atoms with Crippen LogP contribution in [-0.4, -0.2) is 14.8 Å². The molecule has 0 aliphatic heterocycles. The normalized spacial score (nSPS) is 12.8. The van der Waals surface area contributed by atoms with Gasteiger partial charge in [0.1, 0.15) is 0 Å². The van der Waals surface area contributed by atoms with Crippen molar-refractivity contribution in [1.29, 1.82) is 0 Å². The summed E-state index contributed by atoms with van der Waals surface area (Å²) in [6, 6.07) is 14.8. The van der Waals surface area contributed by atoms with Crippen molar-refractivity contribution >= 4 is 0 Å². The van der Waals surface area contributed by atoms with Gasteiger partial charge >= 0.3 is 6.18 Å². The molecule has 1 aromatic heterocycles. The largest absolute Gasteiger partial charge is 0.451 e. The Bertz CT molecular complexity index is 997. The van der Waals surface area contributed by atoms with Crippen LogP contribution >= 0.6 is 0 Å². The predicted octanol–water partition coefficient (Wildman–Crippen LogP) is 4.63. The number of rotatable bonds is 4. The molecule has 140 valence electrons. The highest BCUT2D eigenvalue weighted by Crippen LogP contribution is 2.32. The fourth-order valence-electron chi connectivity index (χ4n) is 3.13. The Morgan fingerprint density at radius 2 is 1.63 bits per heavy atom. The van der Waals surface area contributed by atoms with Crippen molar-refractivity contribution in [1.82, 2.24) is 14.8 Å². The molecule has 3 aromatic rings. The van der Waals surface area contributed by atoms with Gasteiger partial charge in [0.15, 0.2) is 5.69 Å². The van der Waals surface area contributed by atoms with Crippen LogP contribution in [0.2, 0.25) is 0 Å². The first-order chi connectivity index (χ1) is 12.8. The average molecular weight is 373 g/mol. The van der Waals surface area contributed by atoms with E-state index in [1.165, 1.54) is 0 Å². The van der Waals surface area contributed by atoms with E-state index in [2.05, 4.69) is 10.2 Å². The van der Waals surface area contributed by atoms with Crippen LogP contribution in [-0.2, 0) is 6.18 Å². The second-order valence-corrected chi connectivity index (χ2v) is 6.19. The van der Waals surface area contributed by atoms with Gasteiger partial charge in [0.25, 0.3) is 5.56 Å². The summed E-state index contributed by atoms with van der Waals surface area (Å²) in [5.41, 5.74) is 0.928. The number of hydrogen-bond acceptors (Lipinski definition) is 3. The van der Waals surface area contributed by atoms with E-state index in [9.17, 15) is 18.0 Å². The first-order valence-corrected chi connectivity index (χ1v) is 8.52. The molecule has 0 fully saturated rings. The lowest BCUT2D eigenvalue weighted by molar-refractivity contribution is -0.149. The van der Waals surface area contributed by atoms with Crippen molar-refractivity contribution in [2.24, 2.45) is 0 Å². The van der Waals surface area contributed by atoms with E-state index < -0.39 is 23.6 Å². The minimum atomic E-state index is -4.79. The van der Waals surface area contributed by atoms with E-state index in [1.807, 2.05) is 0 Å². The van der Waals surface area contributed by atoms with Gasteiger partial charge in [-0.25, -0.2) is 0 Å². The van der Waals surface area contributed by atoms with Crippen molar-refractivity contribution in [3.05, 3.63) is 81.9 Å². The Balaban J connectivity index is 2.31. The summed E-state index contributed by atoms with van der Waals surface area (Å²) in [5, 5.41) is 7.05. The van der Waals surface area contributed by atoms with E-state index in [0.717, 1.165) is 10.1 Å². The summed E-state index contributed by atoms with van der Waals surface area (Å²) in [5.74, 6) is -1.29. The van der Waals surface area contributed by atoms with Crippen LogP contribution in [0.4, 0.5) is 13.2 Å². The average Bonchev–Trinajstić information content (AvgIpc) is 2.64. The zero-order valence-corrected chi connectivity index (χ0v) is 14.9. The maximum absolute atomic E-state index is 13.6. The molecule has 4 nitrogen and oxygen atoms in total. The quantitative estimate of drug-likeness (QED) is 0.670. The number of aromatic nitrogens is 3. The van der Waals surface area contributed by atoms with Gasteiger partial charge in [0, 0.05) is 5.56 Å². The predicted molar refractivity (Wildman–Crippen MR) is 96.3 cm³/mol. The summed E-state index contributed by atoms with van der Waals surface area (Å²) in [6.07, 6.45) is -4.50. The van der Waals surface area contributed by atoms with Crippen molar-refractivity contribution in [2.45, 2.75) is 32.5 Å². The van der Waals surface area contributed by atoms with Crippen molar-refractivity contribution in [3.8, 4) is 11.3 Å². The third kappa shape index (κ3) is 3.63. The SMILES string of the molecule is CCC(c1ccccc1)n1c(C(F)(F)F)nnc(-c2ccccc2C)c1=O. The maximum Gasteiger partial charge on any atom is 0.451 e. The number of benzene rings is 2. The standard InChI is InChI=1S/C20H18F3N3O/c1-3-16(14-10-5-4-6-11-14)26-18(27)17(15-12-8-7-9-13(15)2)24-25-19(26)20(21,22)23/h4-12,16H,3H2,1-2H3. The Morgan fingerprint density at radius 1 is 1.00 bits per heavy atom. The minimum Gasteiger partial charge on any atom is -0.278 e. The molecule has 0 saturated heterocycles. The van der Waals surface area contributed by atoms with Crippen LogP contribution in [0.1, 0.15) is 36.3 Å². The highest BCUT2D eigenvalue weighted by molar-refractivity contribution is 5.62. The third-order valence-electron chi connectivity index (χ3n) is 4.43. The van der Waals surface area contributed by atoms with Crippen LogP contribution in [0, 0.1) is 6.92 Å². The topological polar surface area (TPSA) is 47.8 Å². The van der Waals surface area contributed by atoms with Crippen molar-refractivity contribution in [2.75, 3.05) is 0 Å². The summed E-state index contributed by atoms with van der Waals surface area (Å²) in [4.78, 5) is 13.1. The molecule has 0 aliphatic carbocycles. The van der Waals surface area contributed by atoms with E-state index in [0.29, 0.717) is 17.5 Å². The van der Waals surface area contributed by atoms with Crippen LogP contribution in [0.15, 0.2) is 59.4 Å². The first-order valence-electron chi connectivity index (χ1n) is 8.52. The molecule has 0 aliphatic rings. The van der Waals surface area contributed by atoms with E-state index >= 15 is 0 Å². The molecule has 1 heterocycles. The lowest BCUT2D eigenvalue weighted by Gasteiger charge is -2.23. The number of nitrogens with zero attached hydrogens (tertiary/aromatic N) is 3. The molecular formula is C20H18F3N3O. The van der Waals surface area contributed by atoms with E-state index in [4.69, 9.17) is 0 Å². The fraction of sp³-hybridized carbons (Fsp3) is 0.250. The lowest BCUT2D eigenvalue weighted by Crippen LogP contribution is -2.35. The molecule has 27 heavy (non-hydrogen) atoms. The molecule has 0 N–H and O–H groups in total. The monoisotopic (exact) mass is 373 g/mol. The van der Waals surface area contributed by atoms with Crippen LogP contribution < -0.4 is 5.56 Å². The second kappa shape index (κ2) is 7.34. The molecule has 0 radical (unpaired) electrons. The molecule has 3 rings (SSSR count). The second-order valence-electron chi connectivity index (χ2n) is 6.19. The zero-order valence-electron chi connectivity index (χ0n) is 14.9. The molecule has 2 aromatic carbocycles. The molecule has 1 atom stereocenters. The Labute approximate surface area is 154 Å². The summed E-state index contributed by atoms with van der Waals surface area (Å²) in [6.45, 7) is 3.51. The molecule has 0 bridgehead atoms. The van der Waals surface area contributed by atoms with Gasteiger partial charge in [-0.3, -0.25) is 9.36 Å². The smallest absolute Gasteiger partial charge is 0.278 e. The fourth-order valence-corrected chi connectivity index (χ4v) is 3.13. The lowest BCUT2D eigenvalue weighted by atomic mass is 10.0.